The second kappa shape index (κ2) is 9.56. The van der Waals surface area contributed by atoms with Gasteiger partial charge in [0.05, 0.1) is 12.0 Å². The summed E-state index contributed by atoms with van der Waals surface area (Å²) >= 11 is 0. The zero-order chi connectivity index (χ0) is 18.9. The van der Waals surface area contributed by atoms with Crippen molar-refractivity contribution >= 4 is 16.7 Å². The van der Waals surface area contributed by atoms with Crippen LogP contribution in [-0.2, 0) is 4.79 Å². The minimum absolute atomic E-state index is 0. The molecule has 2 aliphatic rings. The van der Waals surface area contributed by atoms with Crippen LogP contribution in [0.3, 0.4) is 0 Å². The van der Waals surface area contributed by atoms with Crippen molar-refractivity contribution in [1.82, 2.24) is 4.90 Å². The maximum Gasteiger partial charge on any atom is 1.00 e. The smallest absolute Gasteiger partial charge is 0.548 e. The number of β-amino-alcohol motifs (C(OH)–C–C–N with tert-alkyl or cyclic N) is 1. The monoisotopic (exact) mass is 407 g/mol. The zero-order valence-corrected chi connectivity index (χ0v) is 19.6. The Morgan fingerprint density at radius 1 is 1.21 bits per heavy atom. The number of ether oxygens (including phenoxy) is 1. The second-order valence-corrected chi connectivity index (χ2v) is 8.12. The first-order chi connectivity index (χ1) is 13.1. The number of aliphatic hydroxyl groups is 1. The van der Waals surface area contributed by atoms with E-state index in [0.717, 1.165) is 35.9 Å². The van der Waals surface area contributed by atoms with E-state index in [-0.39, 0.29) is 63.4 Å². The van der Waals surface area contributed by atoms with Gasteiger partial charge in [0.2, 0.25) is 0 Å². The van der Waals surface area contributed by atoms with Crippen molar-refractivity contribution in [2.75, 3.05) is 19.7 Å². The minimum Gasteiger partial charge on any atom is -0.548 e. The maximum atomic E-state index is 11.6. The average molecular weight is 408 g/mol. The zero-order valence-electron chi connectivity index (χ0n) is 16.5. The van der Waals surface area contributed by atoms with Crippen LogP contribution in [0, 0.1) is 5.41 Å². The molecule has 1 saturated carbocycles. The van der Waals surface area contributed by atoms with E-state index in [2.05, 4.69) is 0 Å². The number of hydrogen-bond donors (Lipinski definition) is 1. The summed E-state index contributed by atoms with van der Waals surface area (Å²) < 4.78 is 5.86. The Hall–Kier alpha value is -0.474. The molecule has 144 valence electrons. The molecule has 0 radical (unpaired) electrons. The fraction of sp³-hybridized carbons (Fsp3) is 0.500. The second-order valence-electron chi connectivity index (χ2n) is 8.12. The van der Waals surface area contributed by atoms with E-state index in [1.165, 1.54) is 12.8 Å². The fourth-order valence-corrected chi connectivity index (χ4v) is 4.89. The number of hydrogen-bond acceptors (Lipinski definition) is 5. The molecule has 1 aliphatic heterocycles. The third kappa shape index (κ3) is 4.81. The number of carbonyl (C=O) groups is 1. The van der Waals surface area contributed by atoms with Gasteiger partial charge < -0.3 is 19.7 Å². The first-order valence-electron chi connectivity index (χ1n) is 9.80. The van der Waals surface area contributed by atoms with Crippen molar-refractivity contribution in [3.05, 3.63) is 42.5 Å². The van der Waals surface area contributed by atoms with Crippen LogP contribution in [0.5, 0.6) is 5.75 Å². The van der Waals surface area contributed by atoms with Gasteiger partial charge in [0.25, 0.3) is 0 Å². The van der Waals surface area contributed by atoms with Crippen LogP contribution in [0.2, 0.25) is 0 Å². The molecule has 2 unspecified atom stereocenters. The van der Waals surface area contributed by atoms with Crippen LogP contribution in [0.25, 0.3) is 10.8 Å². The predicted octanol–water partition coefficient (Wildman–Crippen LogP) is -1.03. The third-order valence-corrected chi connectivity index (χ3v) is 6.17. The number of benzene rings is 2. The van der Waals surface area contributed by atoms with E-state index in [1.54, 1.807) is 0 Å². The average Bonchev–Trinajstić information content (AvgIpc) is 3.27. The molecule has 28 heavy (non-hydrogen) atoms. The summed E-state index contributed by atoms with van der Waals surface area (Å²) in [7, 11) is 0. The van der Waals surface area contributed by atoms with Gasteiger partial charge in [-0.15, -0.1) is 0 Å². The Kier molecular flexibility index (Phi) is 7.58. The summed E-state index contributed by atoms with van der Waals surface area (Å²) in [6, 6.07) is 13.2. The number of rotatable bonds is 6. The Balaban J connectivity index is 0.00000225. The molecule has 0 bridgehead atoms. The van der Waals surface area contributed by atoms with Gasteiger partial charge in [-0.25, -0.2) is 0 Å². The molecule has 1 spiro atoms. The van der Waals surface area contributed by atoms with Crippen LogP contribution in [-0.4, -0.2) is 47.8 Å². The molecular weight excluding hydrogens is 381 g/mol. The van der Waals surface area contributed by atoms with Crippen molar-refractivity contribution < 1.29 is 71.1 Å². The van der Waals surface area contributed by atoms with Crippen molar-refractivity contribution in [1.29, 1.82) is 0 Å². The summed E-state index contributed by atoms with van der Waals surface area (Å²) in [5.74, 6) is -0.293. The van der Waals surface area contributed by atoms with Crippen LogP contribution in [0.1, 0.15) is 32.1 Å². The van der Waals surface area contributed by atoms with Crippen molar-refractivity contribution in [3.63, 3.8) is 0 Å². The number of carboxylic acid groups (broad SMARTS) is 1. The quantitative estimate of drug-likeness (QED) is 0.620. The van der Waals surface area contributed by atoms with E-state index < -0.39 is 18.1 Å². The first-order valence-corrected chi connectivity index (χ1v) is 9.80. The molecule has 0 aromatic heterocycles. The molecule has 2 fully saturated rings. The van der Waals surface area contributed by atoms with E-state index >= 15 is 0 Å². The van der Waals surface area contributed by atoms with Gasteiger partial charge in [-0.1, -0.05) is 49.2 Å². The molecule has 6 heteroatoms. The molecule has 2 aromatic rings. The normalized spacial score (nSPS) is 22.2. The summed E-state index contributed by atoms with van der Waals surface area (Å²) in [4.78, 5) is 13.5. The van der Waals surface area contributed by atoms with E-state index in [1.807, 2.05) is 47.4 Å². The minimum atomic E-state index is -1.03. The van der Waals surface area contributed by atoms with Crippen LogP contribution in [0.4, 0.5) is 0 Å². The summed E-state index contributed by atoms with van der Waals surface area (Å²) in [5.41, 5.74) is 0.0982. The number of aliphatic hydroxyl groups excluding tert-OH is 1. The fourth-order valence-electron chi connectivity index (χ4n) is 4.89. The molecule has 1 N–H and O–H groups in total. The van der Waals surface area contributed by atoms with E-state index in [9.17, 15) is 15.0 Å². The Labute approximate surface area is 208 Å². The van der Waals surface area contributed by atoms with E-state index in [4.69, 9.17) is 4.74 Å². The SMILES string of the molecule is O=C([O-])C1CC2(CCCC2)CN1CC(O)COc1cccc2ccccc12.[K+]. The van der Waals surface area contributed by atoms with Gasteiger partial charge in [-0.3, -0.25) is 4.90 Å². The number of likely N-dealkylation sites (tertiary alicyclic amines) is 1. The van der Waals surface area contributed by atoms with Gasteiger partial charge in [-0.2, -0.15) is 0 Å². The number of aliphatic carboxylic acids is 1. The van der Waals surface area contributed by atoms with E-state index in [0.29, 0.717) is 13.0 Å². The van der Waals surface area contributed by atoms with Crippen molar-refractivity contribution in [2.45, 2.75) is 44.2 Å². The molecule has 1 saturated heterocycles. The number of carbonyl (C=O) groups excluding carboxylic acids is 1. The molecule has 0 amide bonds. The van der Waals surface area contributed by atoms with Gasteiger partial charge in [0.15, 0.2) is 0 Å². The van der Waals surface area contributed by atoms with Gasteiger partial charge in [-0.05, 0) is 36.1 Å². The molecule has 1 heterocycles. The number of fused-ring (bicyclic) bond motifs is 1. The third-order valence-electron chi connectivity index (χ3n) is 6.17. The van der Waals surface area contributed by atoms with Gasteiger partial charge in [0.1, 0.15) is 18.5 Å². The Morgan fingerprint density at radius 3 is 2.68 bits per heavy atom. The number of carboxylic acids is 1. The van der Waals surface area contributed by atoms with Crippen LogP contribution >= 0.6 is 0 Å². The molecule has 2 atom stereocenters. The van der Waals surface area contributed by atoms with Gasteiger partial charge >= 0.3 is 51.4 Å². The molecule has 2 aromatic carbocycles. The summed E-state index contributed by atoms with van der Waals surface area (Å²) in [6.45, 7) is 1.17. The Bertz CT molecular complexity index is 816. The molecule has 4 rings (SSSR count). The molecule has 5 nitrogen and oxygen atoms in total. The topological polar surface area (TPSA) is 72.8 Å². The first kappa shape index (κ1) is 22.2. The largest absolute Gasteiger partial charge is 1.00 e. The van der Waals surface area contributed by atoms with Crippen molar-refractivity contribution in [3.8, 4) is 5.75 Å². The van der Waals surface area contributed by atoms with Crippen LogP contribution in [0.15, 0.2) is 42.5 Å². The van der Waals surface area contributed by atoms with Crippen molar-refractivity contribution in [2.24, 2.45) is 5.41 Å². The predicted molar refractivity (Wildman–Crippen MR) is 101 cm³/mol. The maximum absolute atomic E-state index is 11.6. The van der Waals surface area contributed by atoms with Crippen LogP contribution < -0.4 is 61.2 Å². The number of nitrogens with zero attached hydrogens (tertiary/aromatic N) is 1. The molecular formula is C22H26KNO4. The Morgan fingerprint density at radius 2 is 1.93 bits per heavy atom. The standard InChI is InChI=1S/C22H27NO4.K/c24-17(14-27-20-9-5-7-16-6-1-2-8-18(16)20)13-23-15-22(10-3-4-11-22)12-19(23)21(25)26;/h1-2,5-9,17,19,24H,3-4,10-15H2,(H,25,26);/q;+1/p-1. The van der Waals surface area contributed by atoms with Gasteiger partial charge in [0, 0.05) is 18.5 Å². The summed E-state index contributed by atoms with van der Waals surface area (Å²) in [5, 5.41) is 24.2. The molecule has 1 aliphatic carbocycles. The summed E-state index contributed by atoms with van der Waals surface area (Å²) in [6.07, 6.45) is 4.39.